The standard InChI is InChI=1S/C13H19N3O/c1-4-8-15(9-5-2)13(17)11-16-10-7-14-12(16)6-3/h4-5,7,10H,1-2,6,8-9,11H2,3H3. The molecule has 0 N–H and O–H groups in total. The summed E-state index contributed by atoms with van der Waals surface area (Å²) in [5.41, 5.74) is 0. The second-order valence-electron chi connectivity index (χ2n) is 3.70. The smallest absolute Gasteiger partial charge is 0.243 e. The number of imidazole rings is 1. The minimum atomic E-state index is 0.0532. The van der Waals surface area contributed by atoms with Gasteiger partial charge in [0.1, 0.15) is 12.4 Å². The largest absolute Gasteiger partial charge is 0.334 e. The number of rotatable bonds is 7. The molecule has 0 saturated heterocycles. The van der Waals surface area contributed by atoms with Gasteiger partial charge in [0.15, 0.2) is 0 Å². The summed E-state index contributed by atoms with van der Waals surface area (Å²) in [4.78, 5) is 17.9. The normalized spacial score (nSPS) is 9.94. The number of carbonyl (C=O) groups excluding carboxylic acids is 1. The van der Waals surface area contributed by atoms with E-state index in [4.69, 9.17) is 0 Å². The van der Waals surface area contributed by atoms with E-state index in [9.17, 15) is 4.79 Å². The fourth-order valence-electron chi connectivity index (χ4n) is 1.63. The first kappa shape index (κ1) is 13.2. The van der Waals surface area contributed by atoms with Crippen LogP contribution in [0.4, 0.5) is 0 Å². The van der Waals surface area contributed by atoms with Gasteiger partial charge in [0.2, 0.25) is 5.91 Å². The number of carbonyl (C=O) groups is 1. The van der Waals surface area contributed by atoms with Gasteiger partial charge in [-0.25, -0.2) is 4.98 Å². The van der Waals surface area contributed by atoms with Crippen molar-refractivity contribution in [2.75, 3.05) is 13.1 Å². The third-order valence-corrected chi connectivity index (χ3v) is 2.48. The van der Waals surface area contributed by atoms with Gasteiger partial charge in [-0.15, -0.1) is 13.2 Å². The van der Waals surface area contributed by atoms with Crippen molar-refractivity contribution in [3.8, 4) is 0 Å². The third-order valence-electron chi connectivity index (χ3n) is 2.48. The van der Waals surface area contributed by atoms with Crippen LogP contribution in [0.3, 0.4) is 0 Å². The monoisotopic (exact) mass is 233 g/mol. The predicted molar refractivity (Wildman–Crippen MR) is 68.6 cm³/mol. The lowest BCUT2D eigenvalue weighted by atomic mass is 10.4. The highest BCUT2D eigenvalue weighted by atomic mass is 16.2. The molecule has 92 valence electrons. The van der Waals surface area contributed by atoms with Gasteiger partial charge in [-0.3, -0.25) is 4.79 Å². The molecule has 4 nitrogen and oxygen atoms in total. The van der Waals surface area contributed by atoms with E-state index >= 15 is 0 Å². The topological polar surface area (TPSA) is 38.1 Å². The zero-order chi connectivity index (χ0) is 12.7. The van der Waals surface area contributed by atoms with Crippen LogP contribution >= 0.6 is 0 Å². The molecule has 0 bridgehead atoms. The number of hydrogen-bond donors (Lipinski definition) is 0. The summed E-state index contributed by atoms with van der Waals surface area (Å²) in [7, 11) is 0. The van der Waals surface area contributed by atoms with Crippen LogP contribution in [-0.4, -0.2) is 33.4 Å². The van der Waals surface area contributed by atoms with Crippen LogP contribution in [0.15, 0.2) is 37.7 Å². The molecule has 1 heterocycles. The summed E-state index contributed by atoms with van der Waals surface area (Å²) >= 11 is 0. The quantitative estimate of drug-likeness (QED) is 0.672. The molecule has 0 aromatic carbocycles. The minimum Gasteiger partial charge on any atom is -0.334 e. The van der Waals surface area contributed by atoms with E-state index in [-0.39, 0.29) is 5.91 Å². The number of hydrogen-bond acceptors (Lipinski definition) is 2. The van der Waals surface area contributed by atoms with Gasteiger partial charge >= 0.3 is 0 Å². The van der Waals surface area contributed by atoms with Crippen molar-refractivity contribution in [2.45, 2.75) is 19.9 Å². The molecule has 0 fully saturated rings. The van der Waals surface area contributed by atoms with Crippen LogP contribution in [-0.2, 0) is 17.8 Å². The van der Waals surface area contributed by atoms with Crippen molar-refractivity contribution in [3.05, 3.63) is 43.5 Å². The number of nitrogens with zero attached hydrogens (tertiary/aromatic N) is 3. The molecule has 4 heteroatoms. The Kier molecular flexibility index (Phi) is 5.20. The molecule has 0 unspecified atom stereocenters. The fourth-order valence-corrected chi connectivity index (χ4v) is 1.63. The molecule has 1 amide bonds. The molecule has 1 rings (SSSR count). The van der Waals surface area contributed by atoms with Gasteiger partial charge in [-0.1, -0.05) is 19.1 Å². The molecule has 0 aliphatic carbocycles. The lowest BCUT2D eigenvalue weighted by molar-refractivity contribution is -0.130. The Balaban J connectivity index is 2.68. The maximum Gasteiger partial charge on any atom is 0.243 e. The zero-order valence-electron chi connectivity index (χ0n) is 10.3. The maximum atomic E-state index is 12.0. The maximum absolute atomic E-state index is 12.0. The SMILES string of the molecule is C=CCN(CC=C)C(=O)Cn1ccnc1CC. The van der Waals surface area contributed by atoms with Crippen LogP contribution in [0.25, 0.3) is 0 Å². The molecule has 0 atom stereocenters. The molecule has 0 aliphatic rings. The molecule has 1 aromatic rings. The van der Waals surface area contributed by atoms with Crippen molar-refractivity contribution in [3.63, 3.8) is 0 Å². The van der Waals surface area contributed by atoms with E-state index in [0.717, 1.165) is 12.2 Å². The van der Waals surface area contributed by atoms with E-state index in [1.165, 1.54) is 0 Å². The summed E-state index contributed by atoms with van der Waals surface area (Å²) < 4.78 is 1.88. The molecule has 0 spiro atoms. The predicted octanol–water partition coefficient (Wildman–Crippen LogP) is 1.65. The van der Waals surface area contributed by atoms with Gasteiger partial charge in [-0.05, 0) is 0 Å². The first-order chi connectivity index (χ1) is 8.22. The van der Waals surface area contributed by atoms with E-state index in [1.807, 2.05) is 17.7 Å². The molecular weight excluding hydrogens is 214 g/mol. The molecule has 0 aliphatic heterocycles. The third kappa shape index (κ3) is 3.59. The van der Waals surface area contributed by atoms with Gasteiger partial charge in [-0.2, -0.15) is 0 Å². The van der Waals surface area contributed by atoms with Crippen molar-refractivity contribution in [1.29, 1.82) is 0 Å². The van der Waals surface area contributed by atoms with Crippen LogP contribution < -0.4 is 0 Å². The van der Waals surface area contributed by atoms with Crippen molar-refractivity contribution >= 4 is 5.91 Å². The van der Waals surface area contributed by atoms with Crippen LogP contribution in [0, 0.1) is 0 Å². The van der Waals surface area contributed by atoms with Crippen molar-refractivity contribution in [1.82, 2.24) is 14.5 Å². The van der Waals surface area contributed by atoms with Crippen molar-refractivity contribution < 1.29 is 4.79 Å². The summed E-state index contributed by atoms with van der Waals surface area (Å²) in [5, 5.41) is 0. The van der Waals surface area contributed by atoms with Gasteiger partial charge < -0.3 is 9.47 Å². The zero-order valence-corrected chi connectivity index (χ0v) is 10.3. The second kappa shape index (κ2) is 6.68. The molecule has 0 radical (unpaired) electrons. The van der Waals surface area contributed by atoms with E-state index < -0.39 is 0 Å². The van der Waals surface area contributed by atoms with E-state index in [2.05, 4.69) is 18.1 Å². The average Bonchev–Trinajstić information content (AvgIpc) is 2.76. The van der Waals surface area contributed by atoms with Crippen LogP contribution in [0.1, 0.15) is 12.7 Å². The van der Waals surface area contributed by atoms with Crippen LogP contribution in [0.5, 0.6) is 0 Å². The summed E-state index contributed by atoms with van der Waals surface area (Å²) in [5.74, 6) is 0.980. The lowest BCUT2D eigenvalue weighted by Crippen LogP contribution is -2.34. The molecular formula is C13H19N3O. The van der Waals surface area contributed by atoms with Crippen LogP contribution in [0.2, 0.25) is 0 Å². The summed E-state index contributed by atoms with van der Waals surface area (Å²) in [6, 6.07) is 0. The summed E-state index contributed by atoms with van der Waals surface area (Å²) in [6.07, 6.45) is 7.81. The second-order valence-corrected chi connectivity index (χ2v) is 3.70. The Labute approximate surface area is 102 Å². The molecule has 17 heavy (non-hydrogen) atoms. The number of amides is 1. The lowest BCUT2D eigenvalue weighted by Gasteiger charge is -2.19. The average molecular weight is 233 g/mol. The Morgan fingerprint density at radius 1 is 1.47 bits per heavy atom. The summed E-state index contributed by atoms with van der Waals surface area (Å²) in [6.45, 7) is 10.7. The van der Waals surface area contributed by atoms with Gasteiger partial charge in [0, 0.05) is 31.9 Å². The van der Waals surface area contributed by atoms with Gasteiger partial charge in [0.05, 0.1) is 0 Å². The Bertz CT molecular complexity index is 385. The van der Waals surface area contributed by atoms with Gasteiger partial charge in [0.25, 0.3) is 0 Å². The van der Waals surface area contributed by atoms with E-state index in [1.54, 1.807) is 23.2 Å². The first-order valence-corrected chi connectivity index (χ1v) is 5.72. The highest BCUT2D eigenvalue weighted by Crippen LogP contribution is 2.01. The van der Waals surface area contributed by atoms with E-state index in [0.29, 0.717) is 19.6 Å². The fraction of sp³-hybridized carbons (Fsp3) is 0.385. The molecule has 1 aromatic heterocycles. The van der Waals surface area contributed by atoms with Crippen molar-refractivity contribution in [2.24, 2.45) is 0 Å². The first-order valence-electron chi connectivity index (χ1n) is 5.72. The Morgan fingerprint density at radius 3 is 2.65 bits per heavy atom. The highest BCUT2D eigenvalue weighted by molar-refractivity contribution is 5.76. The number of aryl methyl sites for hydroxylation is 1. The Morgan fingerprint density at radius 2 is 2.12 bits per heavy atom. The molecule has 0 saturated carbocycles. The number of aromatic nitrogens is 2. The highest BCUT2D eigenvalue weighted by Gasteiger charge is 2.12. The Hall–Kier alpha value is -1.84. The minimum absolute atomic E-state index is 0.0532.